The number of hydrogen-bond donors (Lipinski definition) is 3. The Labute approximate surface area is 294 Å². The van der Waals surface area contributed by atoms with Crippen molar-refractivity contribution in [3.8, 4) is 0 Å². The van der Waals surface area contributed by atoms with E-state index in [1.807, 2.05) is 91.0 Å². The molecule has 3 N–H and O–H groups in total. The van der Waals surface area contributed by atoms with Crippen molar-refractivity contribution < 1.29 is 14.4 Å². The number of anilines is 2. The van der Waals surface area contributed by atoms with Gasteiger partial charge in [0.25, 0.3) is 11.8 Å². The lowest BCUT2D eigenvalue weighted by atomic mass is 10.0. The van der Waals surface area contributed by atoms with Gasteiger partial charge in [-0.05, 0) is 83.9 Å². The van der Waals surface area contributed by atoms with Gasteiger partial charge < -0.3 is 20.5 Å². The number of nitrogens with zero attached hydrogens (tertiary/aromatic N) is 1. The molecule has 0 atom stereocenters. The lowest BCUT2D eigenvalue weighted by molar-refractivity contribution is -0.114. The van der Waals surface area contributed by atoms with Gasteiger partial charge >= 0.3 is 0 Å². The fourth-order valence-electron chi connectivity index (χ4n) is 6.15. The molecule has 7 rings (SSSR count). The van der Waals surface area contributed by atoms with Crippen LogP contribution in [0.5, 0.6) is 0 Å². The Bertz CT molecular complexity index is 2410. The topological polar surface area (TPSA) is 92.2 Å². The monoisotopic (exact) mass is 674 g/mol. The molecule has 50 heavy (non-hydrogen) atoms. The first-order valence-electron chi connectivity index (χ1n) is 16.4. The molecule has 0 saturated carbocycles. The molecule has 3 amide bonds. The molecule has 6 aromatic carbocycles. The van der Waals surface area contributed by atoms with E-state index < -0.39 is 11.8 Å². The van der Waals surface area contributed by atoms with Gasteiger partial charge in [-0.2, -0.15) is 0 Å². The summed E-state index contributed by atoms with van der Waals surface area (Å²) in [5.41, 5.74) is 4.93. The zero-order valence-corrected chi connectivity index (χ0v) is 28.2. The fraction of sp³-hybridized carbons (Fsp3) is 0.0714. The number of thioether (sulfide) groups is 1. The molecular weight excluding hydrogens is 641 g/mol. The molecule has 0 saturated heterocycles. The molecule has 7 nitrogen and oxygen atoms in total. The van der Waals surface area contributed by atoms with Crippen molar-refractivity contribution in [2.45, 2.75) is 18.4 Å². The van der Waals surface area contributed by atoms with Crippen molar-refractivity contribution in [1.29, 1.82) is 0 Å². The zero-order valence-electron chi connectivity index (χ0n) is 27.4. The second-order valence-electron chi connectivity index (χ2n) is 11.8. The van der Waals surface area contributed by atoms with Gasteiger partial charge in [0.2, 0.25) is 5.91 Å². The minimum atomic E-state index is -0.470. The summed E-state index contributed by atoms with van der Waals surface area (Å²) in [6.45, 7) is 2.99. The lowest BCUT2D eigenvalue weighted by Gasteiger charge is -2.13. The zero-order chi connectivity index (χ0) is 34.5. The first kappa shape index (κ1) is 32.4. The number of benzene rings is 6. The first-order valence-corrected chi connectivity index (χ1v) is 17.4. The fourth-order valence-corrected chi connectivity index (χ4v) is 6.91. The molecule has 0 unspecified atom stereocenters. The van der Waals surface area contributed by atoms with Crippen molar-refractivity contribution in [3.05, 3.63) is 156 Å². The maximum atomic E-state index is 13.7. The van der Waals surface area contributed by atoms with Crippen LogP contribution in [0.1, 0.15) is 22.8 Å². The average Bonchev–Trinajstić information content (AvgIpc) is 3.47. The highest BCUT2D eigenvalue weighted by molar-refractivity contribution is 8.00. The highest BCUT2D eigenvalue weighted by atomic mass is 32.2. The molecule has 0 aliphatic heterocycles. The van der Waals surface area contributed by atoms with Crippen molar-refractivity contribution in [3.63, 3.8) is 0 Å². The van der Waals surface area contributed by atoms with Gasteiger partial charge in [-0.1, -0.05) is 84.9 Å². The Hall–Kier alpha value is -6.12. The maximum Gasteiger partial charge on any atom is 0.272 e. The predicted octanol–water partition coefficient (Wildman–Crippen LogP) is 9.11. The molecule has 0 bridgehead atoms. The van der Waals surface area contributed by atoms with Crippen LogP contribution in [0.2, 0.25) is 0 Å². The SMILES string of the molecule is CCn1c2ccccc2c2cc(NC(=O)CSc3cccc(NC(=O)/C(=C\c4cccc5ccccc45)NC(=O)c4ccccc4)c3)ccc21. The summed E-state index contributed by atoms with van der Waals surface area (Å²) in [5, 5.41) is 13.0. The van der Waals surface area contributed by atoms with E-state index in [1.165, 1.54) is 17.3 Å². The maximum absolute atomic E-state index is 13.7. The van der Waals surface area contributed by atoms with Gasteiger partial charge in [0.1, 0.15) is 5.70 Å². The number of para-hydroxylation sites is 1. The van der Waals surface area contributed by atoms with Gasteiger partial charge in [-0.25, -0.2) is 0 Å². The highest BCUT2D eigenvalue weighted by Gasteiger charge is 2.17. The number of fused-ring (bicyclic) bond motifs is 4. The Morgan fingerprint density at radius 3 is 2.20 bits per heavy atom. The number of hydrogen-bond acceptors (Lipinski definition) is 4. The standard InChI is InChI=1S/C42H34N4O3S/c1-2-46-38-21-9-8-20-35(38)36-26-32(22-23-39(36)46)43-40(47)27-50-33-18-11-17-31(25-33)44-42(49)37(45-41(48)29-13-4-3-5-14-29)24-30-16-10-15-28-12-6-7-19-34(28)30/h3-26H,2,27H2,1H3,(H,43,47)(H,44,49)(H,45,48)/b37-24+. The largest absolute Gasteiger partial charge is 0.341 e. The number of carbonyl (C=O) groups is 3. The Balaban J connectivity index is 1.06. The van der Waals surface area contributed by atoms with Crippen LogP contribution < -0.4 is 16.0 Å². The lowest BCUT2D eigenvalue weighted by Crippen LogP contribution is -2.30. The van der Waals surface area contributed by atoms with Gasteiger partial charge in [-0.3, -0.25) is 14.4 Å². The number of nitrogens with one attached hydrogen (secondary N) is 3. The van der Waals surface area contributed by atoms with E-state index in [-0.39, 0.29) is 17.4 Å². The third kappa shape index (κ3) is 7.02. The van der Waals surface area contributed by atoms with Crippen LogP contribution in [0.3, 0.4) is 0 Å². The van der Waals surface area contributed by atoms with Crippen molar-refractivity contribution in [1.82, 2.24) is 9.88 Å². The summed E-state index contributed by atoms with van der Waals surface area (Å²) in [6.07, 6.45) is 1.69. The third-order valence-corrected chi connectivity index (χ3v) is 9.48. The van der Waals surface area contributed by atoms with E-state index in [4.69, 9.17) is 0 Å². The highest BCUT2D eigenvalue weighted by Crippen LogP contribution is 2.31. The quantitative estimate of drug-likeness (QED) is 0.0997. The Kier molecular flexibility index (Phi) is 9.44. The van der Waals surface area contributed by atoms with Crippen LogP contribution in [-0.4, -0.2) is 28.0 Å². The minimum Gasteiger partial charge on any atom is -0.341 e. The van der Waals surface area contributed by atoms with Crippen molar-refractivity contribution in [2.75, 3.05) is 16.4 Å². The minimum absolute atomic E-state index is 0.103. The van der Waals surface area contributed by atoms with Crippen LogP contribution >= 0.6 is 11.8 Å². The summed E-state index contributed by atoms with van der Waals surface area (Å²) in [6, 6.07) is 44.1. The van der Waals surface area contributed by atoms with Crippen LogP contribution in [0.4, 0.5) is 11.4 Å². The summed E-state index contributed by atoms with van der Waals surface area (Å²) < 4.78 is 2.28. The third-order valence-electron chi connectivity index (χ3n) is 8.49. The van der Waals surface area contributed by atoms with Crippen molar-refractivity contribution in [2.24, 2.45) is 0 Å². The van der Waals surface area contributed by atoms with E-state index in [0.29, 0.717) is 11.3 Å². The molecule has 0 aliphatic carbocycles. The van der Waals surface area contributed by atoms with Gasteiger partial charge in [0, 0.05) is 50.2 Å². The second kappa shape index (κ2) is 14.6. The van der Waals surface area contributed by atoms with E-state index in [1.54, 1.807) is 36.4 Å². The van der Waals surface area contributed by atoms with Gasteiger partial charge in [0.15, 0.2) is 0 Å². The van der Waals surface area contributed by atoms with E-state index in [2.05, 4.69) is 45.6 Å². The van der Waals surface area contributed by atoms with Crippen LogP contribution in [0.15, 0.2) is 150 Å². The van der Waals surface area contributed by atoms with E-state index in [0.717, 1.165) is 49.8 Å². The summed E-state index contributed by atoms with van der Waals surface area (Å²) in [4.78, 5) is 40.7. The average molecular weight is 675 g/mol. The molecule has 0 radical (unpaired) electrons. The molecule has 8 heteroatoms. The van der Waals surface area contributed by atoms with Crippen LogP contribution in [0.25, 0.3) is 38.7 Å². The molecule has 1 aromatic heterocycles. The number of aryl methyl sites for hydroxylation is 1. The number of carbonyl (C=O) groups excluding carboxylic acids is 3. The number of amides is 3. The van der Waals surface area contributed by atoms with E-state index >= 15 is 0 Å². The number of aromatic nitrogens is 1. The predicted molar refractivity (Wildman–Crippen MR) is 205 cm³/mol. The van der Waals surface area contributed by atoms with Gasteiger partial charge in [0.05, 0.1) is 5.75 Å². The van der Waals surface area contributed by atoms with Gasteiger partial charge in [-0.15, -0.1) is 11.8 Å². The smallest absolute Gasteiger partial charge is 0.272 e. The molecule has 1 heterocycles. The molecule has 7 aromatic rings. The summed E-state index contributed by atoms with van der Waals surface area (Å²) in [7, 11) is 0. The Morgan fingerprint density at radius 1 is 0.660 bits per heavy atom. The molecule has 0 aliphatic rings. The molecule has 0 spiro atoms. The molecule has 0 fully saturated rings. The molecule has 246 valence electrons. The van der Waals surface area contributed by atoms with Crippen molar-refractivity contribution >= 4 is 79.5 Å². The summed E-state index contributed by atoms with van der Waals surface area (Å²) >= 11 is 1.37. The normalized spacial score (nSPS) is 11.5. The molecular formula is C42H34N4O3S. The Morgan fingerprint density at radius 2 is 1.36 bits per heavy atom. The van der Waals surface area contributed by atoms with Crippen LogP contribution in [0, 0.1) is 0 Å². The first-order chi connectivity index (χ1) is 24.5. The number of rotatable bonds is 10. The van der Waals surface area contributed by atoms with E-state index in [9.17, 15) is 14.4 Å². The van der Waals surface area contributed by atoms with Crippen LogP contribution in [-0.2, 0) is 16.1 Å². The summed E-state index contributed by atoms with van der Waals surface area (Å²) in [5.74, 6) is -0.808. The second-order valence-corrected chi connectivity index (χ2v) is 12.8.